The number of nitrogens with one attached hydrogen (secondary N) is 3. The van der Waals surface area contributed by atoms with Gasteiger partial charge >= 0.3 is 0 Å². The fourth-order valence-electron chi connectivity index (χ4n) is 4.01. The molecule has 6 N–H and O–H groups in total. The van der Waals surface area contributed by atoms with Crippen LogP contribution < -0.4 is 21.3 Å². The number of thioether (sulfide) groups is 1. The molecule has 1 aromatic heterocycles. The van der Waals surface area contributed by atoms with Gasteiger partial charge in [-0.15, -0.1) is 0 Å². The third-order valence-electron chi connectivity index (χ3n) is 5.81. The maximum Gasteiger partial charge on any atom is 0.256 e. The summed E-state index contributed by atoms with van der Waals surface area (Å²) in [4.78, 5) is 14.6. The van der Waals surface area contributed by atoms with Crippen LogP contribution in [0.4, 0.5) is 23.0 Å². The first-order valence-electron chi connectivity index (χ1n) is 11.1. The molecule has 1 saturated heterocycles. The highest BCUT2D eigenvalue weighted by Gasteiger charge is 2.19. The Morgan fingerprint density at radius 2 is 1.97 bits per heavy atom. The number of hydrogen-bond acceptors (Lipinski definition) is 7. The number of nitrogens with zero attached hydrogens (tertiary/aromatic N) is 2. The molecule has 174 valence electrons. The molecule has 1 aliphatic heterocycles. The molecule has 1 amide bonds. The number of phenols is 1. The lowest BCUT2D eigenvalue weighted by atomic mass is 10.0. The van der Waals surface area contributed by atoms with Gasteiger partial charge in [-0.2, -0.15) is 16.9 Å². The quantitative estimate of drug-likeness (QED) is 0.340. The van der Waals surface area contributed by atoms with Gasteiger partial charge in [-0.05, 0) is 54.3 Å². The van der Waals surface area contributed by atoms with Crippen molar-refractivity contribution in [1.29, 1.82) is 0 Å². The smallest absolute Gasteiger partial charge is 0.256 e. The number of H-pyrrole nitrogens is 1. The van der Waals surface area contributed by atoms with Gasteiger partial charge in [-0.3, -0.25) is 9.89 Å². The standard InChI is InChI=1S/C24H30N6O2S/c1-3-17-13-16(12-15(2)21(17)31)14-26-23-20(22(25)32)24(29-28-23)27-18-4-6-19(7-5-18)30-8-10-33-11-9-30/h4-7,12-13,31H,3,8-11,14H2,1-2H3,(H2,25,32)(H3,26,27,28,29). The van der Waals surface area contributed by atoms with E-state index in [2.05, 4.69) is 37.9 Å². The molecular weight excluding hydrogens is 436 g/mol. The Labute approximate surface area is 197 Å². The van der Waals surface area contributed by atoms with Crippen LogP contribution in [0.25, 0.3) is 0 Å². The van der Waals surface area contributed by atoms with E-state index < -0.39 is 5.91 Å². The average molecular weight is 467 g/mol. The fraction of sp³-hybridized carbons (Fsp3) is 0.333. The molecule has 4 rings (SSSR count). The fourth-order valence-corrected chi connectivity index (χ4v) is 4.91. The molecular formula is C24H30N6O2S. The van der Waals surface area contributed by atoms with Crippen LogP contribution in [-0.4, -0.2) is 45.8 Å². The molecule has 0 radical (unpaired) electrons. The summed E-state index contributed by atoms with van der Waals surface area (Å²) in [5.74, 6) is 2.88. The van der Waals surface area contributed by atoms with Crippen molar-refractivity contribution in [3.05, 3.63) is 58.7 Å². The molecule has 1 fully saturated rings. The van der Waals surface area contributed by atoms with Crippen molar-refractivity contribution in [1.82, 2.24) is 10.2 Å². The minimum absolute atomic E-state index is 0.276. The number of nitrogens with two attached hydrogens (primary N) is 1. The second-order valence-corrected chi connectivity index (χ2v) is 9.31. The number of carbonyl (C=O) groups is 1. The molecule has 8 nitrogen and oxygen atoms in total. The predicted molar refractivity (Wildman–Crippen MR) is 136 cm³/mol. The minimum atomic E-state index is -0.577. The van der Waals surface area contributed by atoms with Crippen molar-refractivity contribution in [2.75, 3.05) is 40.1 Å². The van der Waals surface area contributed by atoms with E-state index in [1.165, 1.54) is 5.69 Å². The first-order chi connectivity index (χ1) is 16.0. The third-order valence-corrected chi connectivity index (χ3v) is 6.75. The number of aromatic hydroxyl groups is 1. The lowest BCUT2D eigenvalue weighted by molar-refractivity contribution is 0.100. The van der Waals surface area contributed by atoms with E-state index in [1.54, 1.807) is 0 Å². The first-order valence-corrected chi connectivity index (χ1v) is 12.2. The maximum atomic E-state index is 12.2. The summed E-state index contributed by atoms with van der Waals surface area (Å²) < 4.78 is 0. The Bertz CT molecular complexity index is 1120. The zero-order chi connectivity index (χ0) is 23.4. The Balaban J connectivity index is 1.48. The van der Waals surface area contributed by atoms with Crippen molar-refractivity contribution in [3.8, 4) is 5.75 Å². The number of phenolic OH excluding ortho intramolecular Hbond substituents is 1. The highest BCUT2D eigenvalue weighted by Crippen LogP contribution is 2.28. The maximum absolute atomic E-state index is 12.2. The Morgan fingerprint density at radius 3 is 2.64 bits per heavy atom. The topological polar surface area (TPSA) is 119 Å². The molecule has 0 spiro atoms. The van der Waals surface area contributed by atoms with Crippen molar-refractivity contribution < 1.29 is 9.90 Å². The van der Waals surface area contributed by atoms with Crippen molar-refractivity contribution in [2.45, 2.75) is 26.8 Å². The number of rotatable bonds is 8. The number of aromatic amines is 1. The molecule has 1 aliphatic rings. The lowest BCUT2D eigenvalue weighted by Gasteiger charge is -2.28. The van der Waals surface area contributed by atoms with E-state index >= 15 is 0 Å². The zero-order valence-corrected chi connectivity index (χ0v) is 19.8. The van der Waals surface area contributed by atoms with Crippen molar-refractivity contribution in [3.63, 3.8) is 0 Å². The van der Waals surface area contributed by atoms with E-state index in [0.29, 0.717) is 23.9 Å². The van der Waals surface area contributed by atoms with Crippen LogP contribution in [0.1, 0.15) is 34.0 Å². The number of aromatic nitrogens is 2. The Hall–Kier alpha value is -3.33. The molecule has 0 aliphatic carbocycles. The largest absolute Gasteiger partial charge is 0.507 e. The SMILES string of the molecule is CCc1cc(CNc2[nH]nc(Nc3ccc(N4CCSCC4)cc3)c2C(N)=O)cc(C)c1O. The molecule has 0 bridgehead atoms. The van der Waals surface area contributed by atoms with Crippen LogP contribution >= 0.6 is 11.8 Å². The number of amides is 1. The van der Waals surface area contributed by atoms with Crippen molar-refractivity contribution in [2.24, 2.45) is 5.73 Å². The highest BCUT2D eigenvalue weighted by atomic mass is 32.2. The van der Waals surface area contributed by atoms with Gasteiger partial charge in [0.1, 0.15) is 17.1 Å². The van der Waals surface area contributed by atoms with E-state index in [-0.39, 0.29) is 5.56 Å². The molecule has 2 aromatic carbocycles. The molecule has 3 aromatic rings. The normalized spacial score (nSPS) is 13.7. The molecule has 0 saturated carbocycles. The zero-order valence-electron chi connectivity index (χ0n) is 18.9. The monoisotopic (exact) mass is 466 g/mol. The van der Waals surface area contributed by atoms with Gasteiger partial charge in [0.15, 0.2) is 5.82 Å². The van der Waals surface area contributed by atoms with Crippen molar-refractivity contribution >= 4 is 40.7 Å². The summed E-state index contributed by atoms with van der Waals surface area (Å²) in [5, 5.41) is 23.7. The summed E-state index contributed by atoms with van der Waals surface area (Å²) in [5.41, 5.74) is 10.7. The summed E-state index contributed by atoms with van der Waals surface area (Å²) >= 11 is 1.98. The number of benzene rings is 2. The Morgan fingerprint density at radius 1 is 1.24 bits per heavy atom. The summed E-state index contributed by atoms with van der Waals surface area (Å²) in [6.45, 7) is 6.44. The molecule has 33 heavy (non-hydrogen) atoms. The van der Waals surface area contributed by atoms with Gasteiger partial charge < -0.3 is 26.4 Å². The molecule has 2 heterocycles. The van der Waals surface area contributed by atoms with E-state index in [4.69, 9.17) is 5.73 Å². The van der Waals surface area contributed by atoms with Gasteiger partial charge in [0.25, 0.3) is 5.91 Å². The molecule has 0 atom stereocenters. The molecule has 9 heteroatoms. The number of anilines is 4. The first kappa shape index (κ1) is 22.8. The van der Waals surface area contributed by atoms with Crippen LogP contribution in [0, 0.1) is 6.92 Å². The van der Waals surface area contributed by atoms with Gasteiger partial charge in [-0.25, -0.2) is 0 Å². The van der Waals surface area contributed by atoms with E-state index in [9.17, 15) is 9.90 Å². The number of primary amides is 1. The molecule has 0 unspecified atom stereocenters. The lowest BCUT2D eigenvalue weighted by Crippen LogP contribution is -2.32. The minimum Gasteiger partial charge on any atom is -0.507 e. The van der Waals surface area contributed by atoms with Crippen LogP contribution in [0.15, 0.2) is 36.4 Å². The predicted octanol–water partition coefficient (Wildman–Crippen LogP) is 3.99. The van der Waals surface area contributed by atoms with Gasteiger partial charge in [0.2, 0.25) is 0 Å². The number of aryl methyl sites for hydroxylation is 2. The van der Waals surface area contributed by atoms with Crippen LogP contribution in [0.5, 0.6) is 5.75 Å². The van der Waals surface area contributed by atoms with E-state index in [1.807, 2.05) is 49.9 Å². The van der Waals surface area contributed by atoms with Crippen LogP contribution in [0.2, 0.25) is 0 Å². The van der Waals surface area contributed by atoms with Gasteiger partial charge in [0, 0.05) is 42.5 Å². The van der Waals surface area contributed by atoms with Crippen LogP contribution in [0.3, 0.4) is 0 Å². The number of carbonyl (C=O) groups excluding carboxylic acids is 1. The second kappa shape index (κ2) is 10.1. The second-order valence-electron chi connectivity index (χ2n) is 8.09. The summed E-state index contributed by atoms with van der Waals surface area (Å²) in [6, 6.07) is 12.0. The highest BCUT2D eigenvalue weighted by molar-refractivity contribution is 7.99. The summed E-state index contributed by atoms with van der Waals surface area (Å²) in [7, 11) is 0. The Kier molecular flexibility index (Phi) is 6.98. The van der Waals surface area contributed by atoms with E-state index in [0.717, 1.165) is 53.4 Å². The third kappa shape index (κ3) is 5.19. The summed E-state index contributed by atoms with van der Waals surface area (Å²) in [6.07, 6.45) is 0.737. The average Bonchev–Trinajstić information content (AvgIpc) is 3.23. The van der Waals surface area contributed by atoms with Gasteiger partial charge in [0.05, 0.1) is 0 Å². The number of hydrogen-bond donors (Lipinski definition) is 5. The van der Waals surface area contributed by atoms with Crippen LogP contribution in [-0.2, 0) is 13.0 Å². The van der Waals surface area contributed by atoms with Gasteiger partial charge in [-0.1, -0.05) is 19.1 Å².